The first kappa shape index (κ1) is 6.90. The fourth-order valence-electron chi connectivity index (χ4n) is 1.33. The largest absolute Gasteiger partial charge is 0.265 e. The fourth-order valence-corrected chi connectivity index (χ4v) is 1.33. The van der Waals surface area contributed by atoms with Crippen LogP contribution in [0.4, 0.5) is 0 Å². The molecular weight excluding hydrogens is 133 g/mol. The zero-order chi connectivity index (χ0) is 8.97. The van der Waals surface area contributed by atoms with Gasteiger partial charge in [-0.2, -0.15) is 0 Å². The van der Waals surface area contributed by atoms with E-state index in [1.807, 2.05) is 12.3 Å². The lowest BCUT2D eigenvalue weighted by atomic mass is 9.42. The molecule has 0 fully saturated rings. The lowest BCUT2D eigenvalue weighted by Crippen LogP contribution is -2.27. The highest BCUT2D eigenvalue weighted by atomic mass is 14.6. The molecule has 1 aromatic heterocycles. The number of pyridine rings is 1. The van der Waals surface area contributed by atoms with Crippen LogP contribution >= 0.6 is 0 Å². The van der Waals surface area contributed by atoms with Gasteiger partial charge in [0.25, 0.3) is 0 Å². The van der Waals surface area contributed by atoms with Gasteiger partial charge in [-0.05, 0) is 6.07 Å². The highest BCUT2D eigenvalue weighted by Crippen LogP contribution is 1.97. The van der Waals surface area contributed by atoms with Crippen LogP contribution in [0, 0.1) is 0 Å². The van der Waals surface area contributed by atoms with Gasteiger partial charge in [0.1, 0.15) is 0 Å². The second kappa shape index (κ2) is 4.17. The monoisotopic (exact) mass is 148 g/mol. The molecule has 0 bridgehead atoms. The maximum Gasteiger partial charge on any atom is 0.177 e. The first-order chi connectivity index (χ1) is 5.77. The zero-order valence-electron chi connectivity index (χ0n) is 8.17. The van der Waals surface area contributed by atoms with Crippen molar-refractivity contribution in [1.82, 2.24) is 4.98 Å². The highest BCUT2D eigenvalue weighted by Gasteiger charge is 2.09. The molecule has 0 N–H and O–H groups in total. The molecular formula is C9H14BN. The first-order valence-electron chi connectivity index (χ1n) is 4.70. The Bertz CT molecular complexity index is 231. The average molecular weight is 148 g/mol. The number of hydrogen-bond acceptors (Lipinski definition) is 1. The van der Waals surface area contributed by atoms with E-state index in [2.05, 4.69) is 18.8 Å². The van der Waals surface area contributed by atoms with Crippen LogP contribution in [0.2, 0.25) is 12.6 Å². The molecule has 1 aromatic rings. The topological polar surface area (TPSA) is 12.9 Å². The molecule has 0 atom stereocenters. The average Bonchev–Trinajstić information content (AvgIpc) is 2.10. The van der Waals surface area contributed by atoms with Crippen LogP contribution in [0.5, 0.6) is 0 Å². The lowest BCUT2D eigenvalue weighted by molar-refractivity contribution is 1.30. The van der Waals surface area contributed by atoms with Crippen molar-refractivity contribution in [3.8, 4) is 0 Å². The lowest BCUT2D eigenvalue weighted by Gasteiger charge is -2.06. The molecule has 1 heterocycles. The van der Waals surface area contributed by atoms with E-state index in [-0.39, 0.29) is 0 Å². The van der Waals surface area contributed by atoms with Crippen molar-refractivity contribution in [2.75, 3.05) is 0 Å². The van der Waals surface area contributed by atoms with Crippen molar-refractivity contribution in [2.45, 2.75) is 26.5 Å². The van der Waals surface area contributed by atoms with Crippen molar-refractivity contribution in [1.29, 1.82) is 0 Å². The summed E-state index contributed by atoms with van der Waals surface area (Å²) in [5.74, 6) is 0. The van der Waals surface area contributed by atoms with E-state index in [9.17, 15) is 0 Å². The molecule has 0 saturated heterocycles. The SMILES string of the molecule is [2H]c1ccc(B(CC)CC)cn1. The van der Waals surface area contributed by atoms with E-state index in [1.54, 1.807) is 6.07 Å². The van der Waals surface area contributed by atoms with Gasteiger partial charge in [0.2, 0.25) is 0 Å². The minimum Gasteiger partial charge on any atom is -0.265 e. The van der Waals surface area contributed by atoms with E-state index in [1.165, 1.54) is 5.46 Å². The Morgan fingerprint density at radius 2 is 2.27 bits per heavy atom. The normalized spacial score (nSPS) is 10.9. The van der Waals surface area contributed by atoms with Crippen molar-refractivity contribution in [2.24, 2.45) is 0 Å². The van der Waals surface area contributed by atoms with Gasteiger partial charge in [-0.3, -0.25) is 4.98 Å². The predicted molar refractivity (Wildman–Crippen MR) is 50.6 cm³/mol. The zero-order valence-corrected chi connectivity index (χ0v) is 7.17. The molecule has 0 amide bonds. The number of rotatable bonds is 3. The quantitative estimate of drug-likeness (QED) is 0.595. The molecule has 2 heteroatoms. The van der Waals surface area contributed by atoms with Crippen LogP contribution in [0.15, 0.2) is 24.5 Å². The maximum absolute atomic E-state index is 7.24. The Morgan fingerprint density at radius 3 is 2.73 bits per heavy atom. The Labute approximate surface area is 70.3 Å². The van der Waals surface area contributed by atoms with E-state index in [4.69, 9.17) is 1.37 Å². The predicted octanol–water partition coefficient (Wildman–Crippen LogP) is 1.82. The van der Waals surface area contributed by atoms with Crippen LogP contribution < -0.4 is 5.46 Å². The Balaban J connectivity index is 2.80. The minimum absolute atomic E-state index is 0.352. The summed E-state index contributed by atoms with van der Waals surface area (Å²) < 4.78 is 7.24. The molecule has 0 spiro atoms. The molecule has 0 radical (unpaired) electrons. The molecule has 58 valence electrons. The third-order valence-electron chi connectivity index (χ3n) is 2.10. The summed E-state index contributed by atoms with van der Waals surface area (Å²) in [7, 11) is 0. The molecule has 1 nitrogen and oxygen atoms in total. The molecule has 0 aliphatic carbocycles. The second-order valence-corrected chi connectivity index (χ2v) is 2.73. The molecule has 0 saturated carbocycles. The summed E-state index contributed by atoms with van der Waals surface area (Å²) in [6.45, 7) is 4.98. The fraction of sp³-hybridized carbons (Fsp3) is 0.444. The summed E-state index contributed by atoms with van der Waals surface area (Å²) in [6, 6.07) is 3.76. The van der Waals surface area contributed by atoms with Crippen LogP contribution in [-0.2, 0) is 0 Å². The van der Waals surface area contributed by atoms with E-state index in [0.29, 0.717) is 12.9 Å². The molecule has 0 aliphatic rings. The Kier molecular flexibility index (Phi) is 2.61. The molecule has 0 aliphatic heterocycles. The van der Waals surface area contributed by atoms with Crippen molar-refractivity contribution in [3.05, 3.63) is 24.5 Å². The van der Waals surface area contributed by atoms with Crippen LogP contribution in [0.25, 0.3) is 0 Å². The molecule has 0 unspecified atom stereocenters. The van der Waals surface area contributed by atoms with Gasteiger partial charge in [0.15, 0.2) is 6.71 Å². The van der Waals surface area contributed by atoms with E-state index < -0.39 is 0 Å². The van der Waals surface area contributed by atoms with Crippen LogP contribution in [-0.4, -0.2) is 11.7 Å². The smallest absolute Gasteiger partial charge is 0.177 e. The summed E-state index contributed by atoms with van der Waals surface area (Å²) in [6.07, 6.45) is 4.47. The Morgan fingerprint density at radius 1 is 1.55 bits per heavy atom. The minimum atomic E-state index is 0.352. The van der Waals surface area contributed by atoms with Crippen LogP contribution in [0.3, 0.4) is 0 Å². The molecule has 1 rings (SSSR count). The number of nitrogens with zero attached hydrogens (tertiary/aromatic N) is 1. The van der Waals surface area contributed by atoms with Crippen molar-refractivity contribution < 1.29 is 1.37 Å². The summed E-state index contributed by atoms with van der Waals surface area (Å²) in [4.78, 5) is 3.96. The van der Waals surface area contributed by atoms with Gasteiger partial charge in [0.05, 0.1) is 1.37 Å². The standard InChI is InChI=1S/C9H14BN/c1-3-10(4-2)9-6-5-7-11-8-9/h5-8H,3-4H2,1-2H3/i7D. The summed E-state index contributed by atoms with van der Waals surface area (Å²) in [5, 5.41) is 0. The third kappa shape index (κ3) is 2.07. The van der Waals surface area contributed by atoms with Crippen molar-refractivity contribution in [3.63, 3.8) is 0 Å². The third-order valence-corrected chi connectivity index (χ3v) is 2.10. The van der Waals surface area contributed by atoms with Gasteiger partial charge in [-0.15, -0.1) is 0 Å². The molecule has 0 aromatic carbocycles. The number of hydrogen-bond donors (Lipinski definition) is 0. The Hall–Kier alpha value is -0.785. The van der Waals surface area contributed by atoms with Crippen LogP contribution in [0.1, 0.15) is 15.2 Å². The summed E-state index contributed by atoms with van der Waals surface area (Å²) >= 11 is 0. The van der Waals surface area contributed by atoms with Gasteiger partial charge in [0, 0.05) is 12.4 Å². The summed E-state index contributed by atoms with van der Waals surface area (Å²) in [5.41, 5.74) is 1.26. The van der Waals surface area contributed by atoms with Gasteiger partial charge >= 0.3 is 0 Å². The number of aromatic nitrogens is 1. The highest BCUT2D eigenvalue weighted by molar-refractivity contribution is 6.72. The van der Waals surface area contributed by atoms with E-state index in [0.717, 1.165) is 12.6 Å². The van der Waals surface area contributed by atoms with Gasteiger partial charge < -0.3 is 0 Å². The van der Waals surface area contributed by atoms with Crippen molar-refractivity contribution >= 4 is 12.2 Å². The maximum atomic E-state index is 7.24. The molecule has 11 heavy (non-hydrogen) atoms. The van der Waals surface area contributed by atoms with Gasteiger partial charge in [-0.1, -0.05) is 38.0 Å². The first-order valence-corrected chi connectivity index (χ1v) is 4.20. The second-order valence-electron chi connectivity index (χ2n) is 2.73. The van der Waals surface area contributed by atoms with E-state index >= 15 is 0 Å². The van der Waals surface area contributed by atoms with Gasteiger partial charge in [-0.25, -0.2) is 0 Å².